The van der Waals surface area contributed by atoms with Crippen LogP contribution in [-0.2, 0) is 9.47 Å². The van der Waals surface area contributed by atoms with Crippen molar-refractivity contribution in [3.05, 3.63) is 29.6 Å². The van der Waals surface area contributed by atoms with Gasteiger partial charge in [-0.1, -0.05) is 0 Å². The normalized spacial score (nSPS) is 12.4. The summed E-state index contributed by atoms with van der Waals surface area (Å²) in [6.45, 7) is 4.27. The molecule has 0 heterocycles. The van der Waals surface area contributed by atoms with Gasteiger partial charge in [-0.25, -0.2) is 4.39 Å². The summed E-state index contributed by atoms with van der Waals surface area (Å²) in [5.41, 5.74) is 0.812. The average molecular weight is 285 g/mol. The topological polar surface area (TPSA) is 39.7 Å². The fourth-order valence-electron chi connectivity index (χ4n) is 1.76. The monoisotopic (exact) mass is 285 g/mol. The van der Waals surface area contributed by atoms with Gasteiger partial charge < -0.3 is 19.5 Å². The highest BCUT2D eigenvalue weighted by Gasteiger charge is 2.11. The Hall–Kier alpha value is -1.17. The quantitative estimate of drug-likeness (QED) is 0.671. The van der Waals surface area contributed by atoms with Crippen LogP contribution >= 0.6 is 0 Å². The lowest BCUT2D eigenvalue weighted by molar-refractivity contribution is 0.0803. The van der Waals surface area contributed by atoms with E-state index in [0.717, 1.165) is 12.0 Å². The third kappa shape index (κ3) is 5.86. The highest BCUT2D eigenvalue weighted by molar-refractivity contribution is 5.36. The zero-order chi connectivity index (χ0) is 14.8. The Bertz CT molecular complexity index is 387. The van der Waals surface area contributed by atoms with E-state index < -0.39 is 0 Å². The molecule has 1 aromatic rings. The summed E-state index contributed by atoms with van der Waals surface area (Å²) < 4.78 is 29.3. The lowest BCUT2D eigenvalue weighted by atomic mass is 10.1. The Balaban J connectivity index is 2.39. The molecule has 1 N–H and O–H groups in total. The zero-order valence-electron chi connectivity index (χ0n) is 12.4. The lowest BCUT2D eigenvalue weighted by Gasteiger charge is -2.16. The Morgan fingerprint density at radius 3 is 2.70 bits per heavy atom. The highest BCUT2D eigenvalue weighted by atomic mass is 19.1. The van der Waals surface area contributed by atoms with Crippen LogP contribution in [0.2, 0.25) is 0 Å². The molecule has 0 radical (unpaired) electrons. The minimum atomic E-state index is -0.259. The third-order valence-electron chi connectivity index (χ3n) is 2.99. The van der Waals surface area contributed by atoms with Crippen LogP contribution in [0.3, 0.4) is 0 Å². The van der Waals surface area contributed by atoms with Crippen molar-refractivity contribution in [1.29, 1.82) is 0 Å². The molecule has 1 atom stereocenters. The second kappa shape index (κ2) is 9.69. The first-order valence-corrected chi connectivity index (χ1v) is 6.85. The maximum atomic E-state index is 13.3. The molecule has 0 aromatic heterocycles. The van der Waals surface area contributed by atoms with Crippen molar-refractivity contribution in [2.24, 2.45) is 0 Å². The molecule has 0 aliphatic carbocycles. The first kappa shape index (κ1) is 16.9. The largest absolute Gasteiger partial charge is 0.491 e. The molecule has 0 saturated heterocycles. The van der Waals surface area contributed by atoms with E-state index in [1.54, 1.807) is 13.2 Å². The first-order chi connectivity index (χ1) is 9.69. The number of nitrogens with one attached hydrogen (secondary N) is 1. The second-order valence-corrected chi connectivity index (χ2v) is 4.50. The van der Waals surface area contributed by atoms with Gasteiger partial charge in [0.15, 0.2) is 0 Å². The molecular formula is C15H24FNO3. The Morgan fingerprint density at radius 2 is 2.00 bits per heavy atom. The average Bonchev–Trinajstić information content (AvgIpc) is 2.46. The molecule has 0 aliphatic heterocycles. The zero-order valence-corrected chi connectivity index (χ0v) is 12.4. The molecule has 1 rings (SSSR count). The fraction of sp³-hybridized carbons (Fsp3) is 0.600. The maximum absolute atomic E-state index is 13.3. The Morgan fingerprint density at radius 1 is 1.20 bits per heavy atom. The molecular weight excluding hydrogens is 261 g/mol. The van der Waals surface area contributed by atoms with Crippen molar-refractivity contribution in [2.75, 3.05) is 40.6 Å². The van der Waals surface area contributed by atoms with Crippen LogP contribution in [0.15, 0.2) is 18.2 Å². The molecule has 4 nitrogen and oxygen atoms in total. The van der Waals surface area contributed by atoms with Gasteiger partial charge in [0.05, 0.1) is 6.61 Å². The van der Waals surface area contributed by atoms with Gasteiger partial charge in [0.1, 0.15) is 18.2 Å². The number of hydrogen-bond donors (Lipinski definition) is 1. The predicted molar refractivity (Wildman–Crippen MR) is 76.7 cm³/mol. The predicted octanol–water partition coefficient (Wildman–Crippen LogP) is 2.54. The van der Waals surface area contributed by atoms with Gasteiger partial charge in [-0.2, -0.15) is 0 Å². The number of rotatable bonds is 10. The minimum Gasteiger partial charge on any atom is -0.491 e. The van der Waals surface area contributed by atoms with E-state index in [0.29, 0.717) is 32.2 Å². The summed E-state index contributed by atoms with van der Waals surface area (Å²) in [5.74, 6) is 0.430. The van der Waals surface area contributed by atoms with Crippen LogP contribution in [0.1, 0.15) is 24.9 Å². The number of hydrogen-bond acceptors (Lipinski definition) is 4. The fourth-order valence-corrected chi connectivity index (χ4v) is 1.76. The summed E-state index contributed by atoms with van der Waals surface area (Å²) in [6, 6.07) is 4.59. The van der Waals surface area contributed by atoms with Gasteiger partial charge >= 0.3 is 0 Å². The van der Waals surface area contributed by atoms with E-state index in [4.69, 9.17) is 14.2 Å². The van der Waals surface area contributed by atoms with Crippen LogP contribution in [0, 0.1) is 5.82 Å². The number of halogens is 1. The molecule has 0 spiro atoms. The van der Waals surface area contributed by atoms with E-state index in [-0.39, 0.29) is 11.9 Å². The molecule has 114 valence electrons. The highest BCUT2D eigenvalue weighted by Crippen LogP contribution is 2.25. The van der Waals surface area contributed by atoms with Crippen LogP contribution in [0.25, 0.3) is 0 Å². The van der Waals surface area contributed by atoms with Gasteiger partial charge in [0.25, 0.3) is 0 Å². The summed E-state index contributed by atoms with van der Waals surface area (Å²) in [6.07, 6.45) is 0.870. The van der Waals surface area contributed by atoms with Crippen molar-refractivity contribution in [1.82, 2.24) is 5.32 Å². The summed E-state index contributed by atoms with van der Waals surface area (Å²) >= 11 is 0. The van der Waals surface area contributed by atoms with Gasteiger partial charge in [-0.05, 0) is 38.6 Å². The minimum absolute atomic E-state index is 0.0309. The number of ether oxygens (including phenoxy) is 3. The Kier molecular flexibility index (Phi) is 8.18. The van der Waals surface area contributed by atoms with Gasteiger partial charge in [-0.15, -0.1) is 0 Å². The van der Waals surface area contributed by atoms with Gasteiger partial charge in [0, 0.05) is 31.9 Å². The van der Waals surface area contributed by atoms with E-state index in [9.17, 15) is 4.39 Å². The van der Waals surface area contributed by atoms with Gasteiger partial charge in [0.2, 0.25) is 0 Å². The molecule has 0 saturated carbocycles. The van der Waals surface area contributed by atoms with Crippen molar-refractivity contribution < 1.29 is 18.6 Å². The van der Waals surface area contributed by atoms with Crippen LogP contribution in [-0.4, -0.2) is 40.6 Å². The molecule has 5 heteroatoms. The summed E-state index contributed by atoms with van der Waals surface area (Å²) in [7, 11) is 3.50. The summed E-state index contributed by atoms with van der Waals surface area (Å²) in [4.78, 5) is 0. The molecule has 0 fully saturated rings. The van der Waals surface area contributed by atoms with Crippen LogP contribution < -0.4 is 10.1 Å². The first-order valence-electron chi connectivity index (χ1n) is 6.85. The van der Waals surface area contributed by atoms with Gasteiger partial charge in [-0.3, -0.25) is 0 Å². The third-order valence-corrected chi connectivity index (χ3v) is 2.99. The van der Waals surface area contributed by atoms with E-state index >= 15 is 0 Å². The molecule has 0 bridgehead atoms. The van der Waals surface area contributed by atoms with Crippen molar-refractivity contribution in [3.8, 4) is 5.75 Å². The number of benzene rings is 1. The lowest BCUT2D eigenvalue weighted by Crippen LogP contribution is -2.15. The summed E-state index contributed by atoms with van der Waals surface area (Å²) in [5, 5.41) is 3.08. The van der Waals surface area contributed by atoms with Crippen molar-refractivity contribution in [3.63, 3.8) is 0 Å². The second-order valence-electron chi connectivity index (χ2n) is 4.50. The molecule has 0 amide bonds. The van der Waals surface area contributed by atoms with E-state index in [1.807, 2.05) is 14.0 Å². The number of methoxy groups -OCH3 is 1. The van der Waals surface area contributed by atoms with Crippen LogP contribution in [0.5, 0.6) is 5.75 Å². The molecule has 1 unspecified atom stereocenters. The van der Waals surface area contributed by atoms with E-state index in [2.05, 4.69) is 5.32 Å². The SMILES string of the molecule is CNC(C)c1cc(F)ccc1OCCOCCCOC. The van der Waals surface area contributed by atoms with Crippen molar-refractivity contribution in [2.45, 2.75) is 19.4 Å². The van der Waals surface area contributed by atoms with E-state index in [1.165, 1.54) is 12.1 Å². The standard InChI is InChI=1S/C15H24FNO3/c1-12(17-2)14-11-13(16)5-6-15(14)20-10-9-19-8-4-7-18-3/h5-6,11-12,17H,4,7-10H2,1-3H3. The molecule has 20 heavy (non-hydrogen) atoms. The molecule has 1 aromatic carbocycles. The van der Waals surface area contributed by atoms with Crippen molar-refractivity contribution >= 4 is 0 Å². The van der Waals surface area contributed by atoms with Crippen LogP contribution in [0.4, 0.5) is 4.39 Å². The smallest absolute Gasteiger partial charge is 0.124 e. The Labute approximate surface area is 120 Å². The maximum Gasteiger partial charge on any atom is 0.124 e. The molecule has 0 aliphatic rings.